The molecule has 3 heteroatoms. The van der Waals surface area contributed by atoms with E-state index in [2.05, 4.69) is 43.1 Å². The van der Waals surface area contributed by atoms with Gasteiger partial charge in [0.2, 0.25) is 0 Å². The second kappa shape index (κ2) is 10.4. The minimum Gasteiger partial charge on any atom is -0.351 e. The summed E-state index contributed by atoms with van der Waals surface area (Å²) >= 11 is 0. The minimum absolute atomic E-state index is 0.0299. The van der Waals surface area contributed by atoms with Gasteiger partial charge < -0.3 is 10.2 Å². The van der Waals surface area contributed by atoms with E-state index in [1.165, 1.54) is 24.8 Å². The monoisotopic (exact) mass is 290 g/mol. The smallest absolute Gasteiger partial charge is 0.251 e. The molecule has 1 aromatic carbocycles. The Bertz CT molecular complexity index is 396. The van der Waals surface area contributed by atoms with E-state index >= 15 is 0 Å². The highest BCUT2D eigenvalue weighted by Crippen LogP contribution is 2.09. The molecule has 0 unspecified atom stereocenters. The molecule has 3 nitrogen and oxygen atoms in total. The van der Waals surface area contributed by atoms with Crippen molar-refractivity contribution in [2.45, 2.75) is 46.5 Å². The molecular formula is C18H30N2O. The lowest BCUT2D eigenvalue weighted by atomic mass is 10.1. The number of nitrogens with one attached hydrogen (secondary N) is 1. The Morgan fingerprint density at radius 2 is 1.71 bits per heavy atom. The number of hydrogen-bond donors (Lipinski definition) is 1. The van der Waals surface area contributed by atoms with Gasteiger partial charge in [0, 0.05) is 18.7 Å². The average molecular weight is 290 g/mol. The number of carbonyl (C=O) groups is 1. The molecule has 0 spiro atoms. The third-order valence-electron chi connectivity index (χ3n) is 3.89. The number of carbonyl (C=O) groups excluding carboxylic acids is 1. The predicted molar refractivity (Wildman–Crippen MR) is 89.8 cm³/mol. The molecular weight excluding hydrogens is 260 g/mol. The summed E-state index contributed by atoms with van der Waals surface area (Å²) in [6.45, 7) is 10.2. The number of hydrogen-bond acceptors (Lipinski definition) is 2. The SMILES string of the molecule is CCCCCc1ccc(C(=O)NCCN(CC)CC)cc1. The zero-order chi connectivity index (χ0) is 15.5. The molecule has 0 aliphatic rings. The van der Waals surface area contributed by atoms with Crippen LogP contribution >= 0.6 is 0 Å². The van der Waals surface area contributed by atoms with Crippen molar-refractivity contribution in [1.82, 2.24) is 10.2 Å². The summed E-state index contributed by atoms with van der Waals surface area (Å²) in [4.78, 5) is 14.3. The first kappa shape index (κ1) is 17.7. The summed E-state index contributed by atoms with van der Waals surface area (Å²) in [6, 6.07) is 8.03. The Morgan fingerprint density at radius 3 is 2.29 bits per heavy atom. The highest BCUT2D eigenvalue weighted by molar-refractivity contribution is 5.94. The molecule has 0 fully saturated rings. The molecule has 1 N–H and O–H groups in total. The van der Waals surface area contributed by atoms with E-state index in [0.717, 1.165) is 31.6 Å². The Hall–Kier alpha value is -1.35. The van der Waals surface area contributed by atoms with Crippen LogP contribution in [0.3, 0.4) is 0 Å². The van der Waals surface area contributed by atoms with Crippen molar-refractivity contribution < 1.29 is 4.79 Å². The van der Waals surface area contributed by atoms with E-state index in [0.29, 0.717) is 6.54 Å². The third-order valence-corrected chi connectivity index (χ3v) is 3.89. The molecule has 0 aliphatic heterocycles. The van der Waals surface area contributed by atoms with E-state index in [1.807, 2.05) is 12.1 Å². The zero-order valence-corrected chi connectivity index (χ0v) is 13.8. The van der Waals surface area contributed by atoms with Crippen LogP contribution in [-0.2, 0) is 6.42 Å². The van der Waals surface area contributed by atoms with Crippen LogP contribution < -0.4 is 5.32 Å². The fourth-order valence-electron chi connectivity index (χ4n) is 2.37. The summed E-state index contributed by atoms with van der Waals surface area (Å²) in [6.07, 6.45) is 4.85. The van der Waals surface area contributed by atoms with Gasteiger partial charge in [0.05, 0.1) is 0 Å². The molecule has 0 aromatic heterocycles. The number of benzene rings is 1. The van der Waals surface area contributed by atoms with Crippen molar-refractivity contribution >= 4 is 5.91 Å². The molecule has 0 aliphatic carbocycles. The van der Waals surface area contributed by atoms with E-state index in [1.54, 1.807) is 0 Å². The van der Waals surface area contributed by atoms with Crippen LogP contribution in [0.4, 0.5) is 0 Å². The van der Waals surface area contributed by atoms with Gasteiger partial charge in [-0.25, -0.2) is 0 Å². The fourth-order valence-corrected chi connectivity index (χ4v) is 2.37. The van der Waals surface area contributed by atoms with Crippen LogP contribution in [0.5, 0.6) is 0 Å². The summed E-state index contributed by atoms with van der Waals surface area (Å²) < 4.78 is 0. The topological polar surface area (TPSA) is 32.3 Å². The summed E-state index contributed by atoms with van der Waals surface area (Å²) in [5.41, 5.74) is 2.08. The number of unbranched alkanes of at least 4 members (excludes halogenated alkanes) is 2. The van der Waals surface area contributed by atoms with Crippen molar-refractivity contribution in [3.63, 3.8) is 0 Å². The van der Waals surface area contributed by atoms with Crippen LogP contribution in [-0.4, -0.2) is 37.0 Å². The van der Waals surface area contributed by atoms with Crippen molar-refractivity contribution in [2.75, 3.05) is 26.2 Å². The lowest BCUT2D eigenvalue weighted by Crippen LogP contribution is -2.34. The number of aryl methyl sites for hydroxylation is 1. The van der Waals surface area contributed by atoms with Gasteiger partial charge in [0.15, 0.2) is 0 Å². The van der Waals surface area contributed by atoms with Crippen LogP contribution in [0.1, 0.15) is 56.0 Å². The van der Waals surface area contributed by atoms with Gasteiger partial charge in [-0.3, -0.25) is 4.79 Å². The van der Waals surface area contributed by atoms with Gasteiger partial charge in [0.1, 0.15) is 0 Å². The van der Waals surface area contributed by atoms with E-state index < -0.39 is 0 Å². The maximum absolute atomic E-state index is 12.0. The molecule has 1 rings (SSSR count). The lowest BCUT2D eigenvalue weighted by Gasteiger charge is -2.17. The maximum atomic E-state index is 12.0. The largest absolute Gasteiger partial charge is 0.351 e. The minimum atomic E-state index is 0.0299. The van der Waals surface area contributed by atoms with E-state index in [4.69, 9.17) is 0 Å². The average Bonchev–Trinajstić information content (AvgIpc) is 2.52. The highest BCUT2D eigenvalue weighted by Gasteiger charge is 2.05. The molecule has 1 amide bonds. The quantitative estimate of drug-likeness (QED) is 0.669. The fraction of sp³-hybridized carbons (Fsp3) is 0.611. The Labute approximate surface area is 129 Å². The molecule has 0 saturated heterocycles. The third kappa shape index (κ3) is 6.76. The van der Waals surface area contributed by atoms with Crippen LogP contribution in [0.25, 0.3) is 0 Å². The first-order chi connectivity index (χ1) is 10.2. The molecule has 0 bridgehead atoms. The maximum Gasteiger partial charge on any atom is 0.251 e. The molecule has 0 heterocycles. The predicted octanol–water partition coefficient (Wildman–Crippen LogP) is 3.49. The normalized spacial score (nSPS) is 10.9. The van der Waals surface area contributed by atoms with Gasteiger partial charge in [-0.15, -0.1) is 0 Å². The lowest BCUT2D eigenvalue weighted by molar-refractivity contribution is 0.0949. The Kier molecular flexibility index (Phi) is 8.76. The summed E-state index contributed by atoms with van der Waals surface area (Å²) in [5.74, 6) is 0.0299. The molecule has 0 radical (unpaired) electrons. The molecule has 118 valence electrons. The molecule has 0 saturated carbocycles. The standard InChI is InChI=1S/C18H30N2O/c1-4-7-8-9-16-10-12-17(13-11-16)18(21)19-14-15-20(5-2)6-3/h10-13H,4-9,14-15H2,1-3H3,(H,19,21). The van der Waals surface area contributed by atoms with Crippen molar-refractivity contribution in [1.29, 1.82) is 0 Å². The number of nitrogens with zero attached hydrogens (tertiary/aromatic N) is 1. The number of rotatable bonds is 10. The summed E-state index contributed by atoms with van der Waals surface area (Å²) in [5, 5.41) is 2.99. The second-order valence-electron chi connectivity index (χ2n) is 5.44. The van der Waals surface area contributed by atoms with Gasteiger partial charge in [-0.1, -0.05) is 45.7 Å². The van der Waals surface area contributed by atoms with E-state index in [-0.39, 0.29) is 5.91 Å². The number of amides is 1. The van der Waals surface area contributed by atoms with Gasteiger partial charge in [-0.2, -0.15) is 0 Å². The highest BCUT2D eigenvalue weighted by atomic mass is 16.1. The molecule has 21 heavy (non-hydrogen) atoms. The Balaban J connectivity index is 2.37. The van der Waals surface area contributed by atoms with Crippen molar-refractivity contribution in [2.24, 2.45) is 0 Å². The van der Waals surface area contributed by atoms with E-state index in [9.17, 15) is 4.79 Å². The Morgan fingerprint density at radius 1 is 1.05 bits per heavy atom. The van der Waals surface area contributed by atoms with Gasteiger partial charge in [-0.05, 0) is 43.6 Å². The van der Waals surface area contributed by atoms with Crippen LogP contribution in [0.2, 0.25) is 0 Å². The second-order valence-corrected chi connectivity index (χ2v) is 5.44. The molecule has 1 aromatic rings. The van der Waals surface area contributed by atoms with Crippen molar-refractivity contribution in [3.05, 3.63) is 35.4 Å². The van der Waals surface area contributed by atoms with Crippen molar-refractivity contribution in [3.8, 4) is 0 Å². The number of likely N-dealkylation sites (N-methyl/N-ethyl adjacent to an activating group) is 1. The van der Waals surface area contributed by atoms with Gasteiger partial charge >= 0.3 is 0 Å². The molecule has 0 atom stereocenters. The first-order valence-electron chi connectivity index (χ1n) is 8.30. The summed E-state index contributed by atoms with van der Waals surface area (Å²) in [7, 11) is 0. The van der Waals surface area contributed by atoms with Crippen LogP contribution in [0, 0.1) is 0 Å². The zero-order valence-electron chi connectivity index (χ0n) is 13.8. The first-order valence-corrected chi connectivity index (χ1v) is 8.30. The van der Waals surface area contributed by atoms with Crippen LogP contribution in [0.15, 0.2) is 24.3 Å². The van der Waals surface area contributed by atoms with Gasteiger partial charge in [0.25, 0.3) is 5.91 Å².